The molecule has 0 saturated heterocycles. The molecule has 0 saturated carbocycles. The average molecular weight is 287 g/mol. The van der Waals surface area contributed by atoms with Crippen LogP contribution >= 0.6 is 0 Å². The number of halogens is 2. The van der Waals surface area contributed by atoms with Gasteiger partial charge in [0.05, 0.1) is 6.42 Å². The number of carbonyl (C=O) groups is 1. The Morgan fingerprint density at radius 1 is 1.40 bits per heavy atom. The molecule has 0 amide bonds. The van der Waals surface area contributed by atoms with E-state index in [0.29, 0.717) is 18.7 Å². The van der Waals surface area contributed by atoms with E-state index in [1.807, 2.05) is 11.8 Å². The van der Waals surface area contributed by atoms with Gasteiger partial charge in [0.15, 0.2) is 0 Å². The van der Waals surface area contributed by atoms with Gasteiger partial charge >= 0.3 is 12.6 Å². The van der Waals surface area contributed by atoms with E-state index in [2.05, 4.69) is 4.74 Å². The van der Waals surface area contributed by atoms with Gasteiger partial charge in [0, 0.05) is 18.2 Å². The standard InChI is InChI=1S/C14H19F2NO3/c1-3-17(10(2)8-13(18)19)9-11-6-4-5-7-12(11)20-14(15)16/h4-7,10,14H,3,8-9H2,1-2H3,(H,18,19). The highest BCUT2D eigenvalue weighted by atomic mass is 19.3. The first-order chi connectivity index (χ1) is 9.43. The van der Waals surface area contributed by atoms with Gasteiger partial charge in [0.1, 0.15) is 5.75 Å². The van der Waals surface area contributed by atoms with Crippen LogP contribution in [0.25, 0.3) is 0 Å². The summed E-state index contributed by atoms with van der Waals surface area (Å²) >= 11 is 0. The lowest BCUT2D eigenvalue weighted by Crippen LogP contribution is -2.34. The normalized spacial score (nSPS) is 12.7. The summed E-state index contributed by atoms with van der Waals surface area (Å²) in [5, 5.41) is 8.82. The predicted molar refractivity (Wildman–Crippen MR) is 70.9 cm³/mol. The number of alkyl halides is 2. The quantitative estimate of drug-likeness (QED) is 0.798. The second kappa shape index (κ2) is 7.79. The van der Waals surface area contributed by atoms with Crippen molar-refractivity contribution in [1.82, 2.24) is 4.90 Å². The molecule has 1 rings (SSSR count). The van der Waals surface area contributed by atoms with Crippen LogP contribution in [0.4, 0.5) is 8.78 Å². The molecule has 0 bridgehead atoms. The molecule has 1 unspecified atom stereocenters. The number of aliphatic carboxylic acids is 1. The van der Waals surface area contributed by atoms with Crippen LogP contribution in [0.5, 0.6) is 5.75 Å². The number of rotatable bonds is 8. The van der Waals surface area contributed by atoms with Gasteiger partial charge in [-0.15, -0.1) is 0 Å². The summed E-state index contributed by atoms with van der Waals surface area (Å²) in [4.78, 5) is 12.6. The molecule has 0 aliphatic rings. The molecule has 112 valence electrons. The Hall–Kier alpha value is -1.69. The van der Waals surface area contributed by atoms with E-state index in [1.165, 1.54) is 6.07 Å². The molecule has 1 atom stereocenters. The summed E-state index contributed by atoms with van der Waals surface area (Å²) in [5.41, 5.74) is 0.617. The largest absolute Gasteiger partial charge is 0.481 e. The molecule has 1 N–H and O–H groups in total. The third-order valence-corrected chi connectivity index (χ3v) is 3.06. The number of nitrogens with zero attached hydrogens (tertiary/aromatic N) is 1. The second-order valence-corrected chi connectivity index (χ2v) is 4.50. The summed E-state index contributed by atoms with van der Waals surface area (Å²) in [6.07, 6.45) is 0.00567. The lowest BCUT2D eigenvalue weighted by Gasteiger charge is -2.27. The van der Waals surface area contributed by atoms with Crippen LogP contribution in [-0.4, -0.2) is 35.2 Å². The van der Waals surface area contributed by atoms with Crippen molar-refractivity contribution in [2.24, 2.45) is 0 Å². The fraction of sp³-hybridized carbons (Fsp3) is 0.500. The minimum Gasteiger partial charge on any atom is -0.481 e. The van der Waals surface area contributed by atoms with Gasteiger partial charge in [-0.2, -0.15) is 8.78 Å². The summed E-state index contributed by atoms with van der Waals surface area (Å²) in [6, 6.07) is 6.36. The Kier molecular flexibility index (Phi) is 6.38. The van der Waals surface area contributed by atoms with Crippen molar-refractivity contribution in [3.8, 4) is 5.75 Å². The Morgan fingerprint density at radius 3 is 2.60 bits per heavy atom. The van der Waals surface area contributed by atoms with Gasteiger partial charge in [-0.3, -0.25) is 9.69 Å². The van der Waals surface area contributed by atoms with Crippen LogP contribution in [0.1, 0.15) is 25.8 Å². The molecular formula is C14H19F2NO3. The number of para-hydroxylation sites is 1. The molecule has 20 heavy (non-hydrogen) atoms. The van der Waals surface area contributed by atoms with E-state index >= 15 is 0 Å². The maximum absolute atomic E-state index is 12.3. The topological polar surface area (TPSA) is 49.8 Å². The lowest BCUT2D eigenvalue weighted by atomic mass is 10.1. The van der Waals surface area contributed by atoms with E-state index in [1.54, 1.807) is 25.1 Å². The van der Waals surface area contributed by atoms with E-state index in [0.717, 1.165) is 0 Å². The molecule has 0 fully saturated rings. The van der Waals surface area contributed by atoms with Gasteiger partial charge in [0.2, 0.25) is 0 Å². The van der Waals surface area contributed by atoms with E-state index < -0.39 is 12.6 Å². The van der Waals surface area contributed by atoms with Crippen molar-refractivity contribution < 1.29 is 23.4 Å². The lowest BCUT2D eigenvalue weighted by molar-refractivity contribution is -0.138. The molecule has 6 heteroatoms. The zero-order valence-electron chi connectivity index (χ0n) is 11.6. The first-order valence-electron chi connectivity index (χ1n) is 6.42. The molecule has 0 aliphatic carbocycles. The van der Waals surface area contributed by atoms with E-state index in [9.17, 15) is 13.6 Å². The number of hydrogen-bond acceptors (Lipinski definition) is 3. The van der Waals surface area contributed by atoms with Crippen molar-refractivity contribution in [2.45, 2.75) is 39.5 Å². The second-order valence-electron chi connectivity index (χ2n) is 4.50. The van der Waals surface area contributed by atoms with Crippen molar-refractivity contribution >= 4 is 5.97 Å². The maximum Gasteiger partial charge on any atom is 0.387 e. The molecule has 1 aromatic rings. The third-order valence-electron chi connectivity index (χ3n) is 3.06. The molecular weight excluding hydrogens is 268 g/mol. The van der Waals surface area contributed by atoms with Gasteiger partial charge < -0.3 is 9.84 Å². The zero-order chi connectivity index (χ0) is 15.1. The number of benzene rings is 1. The highest BCUT2D eigenvalue weighted by molar-refractivity contribution is 5.67. The molecule has 0 heterocycles. The van der Waals surface area contributed by atoms with Crippen LogP contribution in [-0.2, 0) is 11.3 Å². The van der Waals surface area contributed by atoms with Gasteiger partial charge in [-0.1, -0.05) is 25.1 Å². The van der Waals surface area contributed by atoms with Crippen LogP contribution in [0.15, 0.2) is 24.3 Å². The Bertz CT molecular complexity index is 440. The SMILES string of the molecule is CCN(Cc1ccccc1OC(F)F)C(C)CC(=O)O. The zero-order valence-corrected chi connectivity index (χ0v) is 11.6. The minimum atomic E-state index is -2.87. The molecule has 4 nitrogen and oxygen atoms in total. The van der Waals surface area contributed by atoms with E-state index in [-0.39, 0.29) is 18.2 Å². The summed E-state index contributed by atoms with van der Waals surface area (Å²) < 4.78 is 29.1. The minimum absolute atomic E-state index is 0.00567. The average Bonchev–Trinajstić information content (AvgIpc) is 2.36. The van der Waals surface area contributed by atoms with Gasteiger partial charge in [-0.05, 0) is 19.5 Å². The summed E-state index contributed by atoms with van der Waals surface area (Å²) in [7, 11) is 0. The van der Waals surface area contributed by atoms with Crippen molar-refractivity contribution in [3.63, 3.8) is 0 Å². The highest BCUT2D eigenvalue weighted by Crippen LogP contribution is 2.23. The number of hydrogen-bond donors (Lipinski definition) is 1. The van der Waals surface area contributed by atoms with Crippen molar-refractivity contribution in [1.29, 1.82) is 0 Å². The molecule has 1 aromatic carbocycles. The fourth-order valence-electron chi connectivity index (χ4n) is 2.03. The Labute approximate surface area is 117 Å². The first kappa shape index (κ1) is 16.4. The number of ether oxygens (including phenoxy) is 1. The molecule has 0 aromatic heterocycles. The summed E-state index contributed by atoms with van der Waals surface area (Å²) in [6.45, 7) is 1.82. The van der Waals surface area contributed by atoms with Crippen LogP contribution < -0.4 is 4.74 Å². The van der Waals surface area contributed by atoms with Crippen LogP contribution in [0.2, 0.25) is 0 Å². The Morgan fingerprint density at radius 2 is 2.05 bits per heavy atom. The van der Waals surface area contributed by atoms with Crippen molar-refractivity contribution in [3.05, 3.63) is 29.8 Å². The third kappa shape index (κ3) is 5.13. The van der Waals surface area contributed by atoms with Gasteiger partial charge in [-0.25, -0.2) is 0 Å². The smallest absolute Gasteiger partial charge is 0.387 e. The first-order valence-corrected chi connectivity index (χ1v) is 6.42. The highest BCUT2D eigenvalue weighted by Gasteiger charge is 2.18. The number of carboxylic acids is 1. The van der Waals surface area contributed by atoms with Gasteiger partial charge in [0.25, 0.3) is 0 Å². The number of carboxylic acid groups (broad SMARTS) is 1. The Balaban J connectivity index is 2.81. The predicted octanol–water partition coefficient (Wildman–Crippen LogP) is 2.97. The fourth-order valence-corrected chi connectivity index (χ4v) is 2.03. The molecule has 0 spiro atoms. The molecule has 0 radical (unpaired) electrons. The molecule has 0 aliphatic heterocycles. The summed E-state index contributed by atoms with van der Waals surface area (Å²) in [5.74, 6) is -0.753. The monoisotopic (exact) mass is 287 g/mol. The van der Waals surface area contributed by atoms with E-state index in [4.69, 9.17) is 5.11 Å². The maximum atomic E-state index is 12.3. The van der Waals surface area contributed by atoms with Crippen molar-refractivity contribution in [2.75, 3.05) is 6.54 Å². The van der Waals surface area contributed by atoms with Crippen LogP contribution in [0, 0.1) is 0 Å². The van der Waals surface area contributed by atoms with Crippen LogP contribution in [0.3, 0.4) is 0 Å².